The van der Waals surface area contributed by atoms with Gasteiger partial charge in [0.1, 0.15) is 11.4 Å². The van der Waals surface area contributed by atoms with Crippen molar-refractivity contribution in [2.45, 2.75) is 45.5 Å². The van der Waals surface area contributed by atoms with Gasteiger partial charge in [-0.2, -0.15) is 13.2 Å². The Labute approximate surface area is 157 Å². The molecule has 0 saturated heterocycles. The van der Waals surface area contributed by atoms with E-state index in [1.165, 1.54) is 6.07 Å². The lowest BCUT2D eigenvalue weighted by atomic mass is 10.1. The van der Waals surface area contributed by atoms with E-state index in [-0.39, 0.29) is 41.8 Å². The van der Waals surface area contributed by atoms with Gasteiger partial charge in [-0.15, -0.1) is 24.0 Å². The fourth-order valence-electron chi connectivity index (χ4n) is 2.22. The molecule has 0 aromatic heterocycles. The molecule has 4 nitrogen and oxygen atoms in total. The Bertz CT molecular complexity index is 583. The van der Waals surface area contributed by atoms with E-state index in [0.717, 1.165) is 19.0 Å². The van der Waals surface area contributed by atoms with Crippen molar-refractivity contribution in [1.82, 2.24) is 10.6 Å². The zero-order chi connectivity index (χ0) is 17.1. The first-order chi connectivity index (χ1) is 10.6. The second-order valence-corrected chi connectivity index (χ2v) is 6.40. The summed E-state index contributed by atoms with van der Waals surface area (Å²) in [7, 11) is 0. The molecule has 1 aliphatic rings. The summed E-state index contributed by atoms with van der Waals surface area (Å²) >= 11 is 0. The minimum absolute atomic E-state index is 0. The molecule has 1 heterocycles. The van der Waals surface area contributed by atoms with Crippen molar-refractivity contribution in [3.8, 4) is 5.75 Å². The van der Waals surface area contributed by atoms with Gasteiger partial charge < -0.3 is 15.4 Å². The van der Waals surface area contributed by atoms with E-state index in [1.807, 2.05) is 0 Å². The molecule has 0 aliphatic carbocycles. The fourth-order valence-corrected chi connectivity index (χ4v) is 2.22. The molecule has 2 rings (SSSR count). The molecular formula is C16H23F3IN3O. The van der Waals surface area contributed by atoms with Crippen LogP contribution in [-0.4, -0.2) is 24.7 Å². The van der Waals surface area contributed by atoms with Crippen molar-refractivity contribution in [2.75, 3.05) is 13.1 Å². The van der Waals surface area contributed by atoms with E-state index in [2.05, 4.69) is 15.6 Å². The maximum atomic E-state index is 13.3. The number of alkyl halides is 3. The largest absolute Gasteiger partial charge is 0.488 e. The summed E-state index contributed by atoms with van der Waals surface area (Å²) in [4.78, 5) is 4.19. The highest BCUT2D eigenvalue weighted by atomic mass is 127. The van der Waals surface area contributed by atoms with Crippen molar-refractivity contribution in [3.63, 3.8) is 0 Å². The third-order valence-corrected chi connectivity index (χ3v) is 3.15. The van der Waals surface area contributed by atoms with Crippen LogP contribution in [0.15, 0.2) is 23.2 Å². The van der Waals surface area contributed by atoms with Crippen LogP contribution in [-0.2, 0) is 12.7 Å². The number of benzene rings is 1. The zero-order valence-electron chi connectivity index (χ0n) is 14.0. The smallest absolute Gasteiger partial charge is 0.416 e. The highest BCUT2D eigenvalue weighted by Crippen LogP contribution is 2.35. The van der Waals surface area contributed by atoms with E-state index < -0.39 is 17.3 Å². The van der Waals surface area contributed by atoms with Gasteiger partial charge in [0, 0.05) is 19.6 Å². The number of guanidine groups is 1. The first-order valence-corrected chi connectivity index (χ1v) is 7.56. The summed E-state index contributed by atoms with van der Waals surface area (Å²) in [6.07, 6.45) is -3.51. The average molecular weight is 457 g/mol. The van der Waals surface area contributed by atoms with E-state index in [0.29, 0.717) is 12.5 Å². The molecule has 0 spiro atoms. The third-order valence-electron chi connectivity index (χ3n) is 3.15. The van der Waals surface area contributed by atoms with Crippen molar-refractivity contribution < 1.29 is 17.9 Å². The molecule has 2 N–H and O–H groups in total. The Balaban J connectivity index is 0.00000288. The number of nitrogens with one attached hydrogen (secondary N) is 2. The first-order valence-electron chi connectivity index (χ1n) is 7.56. The van der Waals surface area contributed by atoms with Crippen LogP contribution in [0.25, 0.3) is 0 Å². The van der Waals surface area contributed by atoms with Crippen molar-refractivity contribution >= 4 is 29.9 Å². The summed E-state index contributed by atoms with van der Waals surface area (Å²) in [5.74, 6) is 0.751. The second-order valence-electron chi connectivity index (χ2n) is 6.40. The maximum Gasteiger partial charge on any atom is 0.416 e. The predicted molar refractivity (Wildman–Crippen MR) is 99.0 cm³/mol. The van der Waals surface area contributed by atoms with Gasteiger partial charge in [0.2, 0.25) is 0 Å². The maximum absolute atomic E-state index is 13.3. The van der Waals surface area contributed by atoms with E-state index in [4.69, 9.17) is 4.74 Å². The highest BCUT2D eigenvalue weighted by molar-refractivity contribution is 14.0. The average Bonchev–Trinajstić information content (AvgIpc) is 2.44. The number of halogens is 4. The Kier molecular flexibility index (Phi) is 7.18. The van der Waals surface area contributed by atoms with Gasteiger partial charge in [-0.25, -0.2) is 0 Å². The van der Waals surface area contributed by atoms with Gasteiger partial charge in [-0.05, 0) is 44.9 Å². The van der Waals surface area contributed by atoms with Crippen LogP contribution in [0.4, 0.5) is 13.2 Å². The van der Waals surface area contributed by atoms with Gasteiger partial charge >= 0.3 is 6.18 Å². The van der Waals surface area contributed by atoms with E-state index in [9.17, 15) is 13.2 Å². The first kappa shape index (κ1) is 20.9. The lowest BCUT2D eigenvalue weighted by Gasteiger charge is -2.23. The number of rotatable bonds is 3. The Morgan fingerprint density at radius 3 is 2.50 bits per heavy atom. The number of aliphatic imine (C=N–C) groups is 1. The number of hydrogen-bond acceptors (Lipinski definition) is 4. The van der Waals surface area contributed by atoms with Gasteiger partial charge in [-0.1, -0.05) is 6.07 Å². The van der Waals surface area contributed by atoms with Crippen LogP contribution in [0.2, 0.25) is 0 Å². The van der Waals surface area contributed by atoms with E-state index in [1.54, 1.807) is 26.8 Å². The SMILES string of the molecule is CC(C)(C)Oc1ccc(CNC2=NCCCN2)c(C(F)(F)F)c1.I. The van der Waals surface area contributed by atoms with Gasteiger partial charge in [-0.3, -0.25) is 4.99 Å². The normalized spacial score (nSPS) is 15.0. The minimum atomic E-state index is -4.43. The molecule has 0 amide bonds. The van der Waals surface area contributed by atoms with Crippen LogP contribution in [0.3, 0.4) is 0 Å². The lowest BCUT2D eigenvalue weighted by molar-refractivity contribution is -0.138. The summed E-state index contributed by atoms with van der Waals surface area (Å²) in [6, 6.07) is 4.06. The molecule has 1 aromatic rings. The predicted octanol–water partition coefficient (Wildman–Crippen LogP) is 3.94. The second kappa shape index (κ2) is 8.26. The van der Waals surface area contributed by atoms with Crippen molar-refractivity contribution in [1.29, 1.82) is 0 Å². The zero-order valence-corrected chi connectivity index (χ0v) is 16.3. The van der Waals surface area contributed by atoms with Crippen LogP contribution in [0.1, 0.15) is 38.3 Å². The number of ether oxygens (including phenoxy) is 1. The Hall–Kier alpha value is -1.19. The summed E-state index contributed by atoms with van der Waals surface area (Å²) in [5, 5.41) is 5.94. The molecule has 1 aromatic carbocycles. The fraction of sp³-hybridized carbons (Fsp3) is 0.562. The summed E-state index contributed by atoms with van der Waals surface area (Å²) in [6.45, 7) is 6.89. The molecule has 0 saturated carbocycles. The number of hydrogen-bond donors (Lipinski definition) is 2. The molecule has 24 heavy (non-hydrogen) atoms. The molecule has 0 fully saturated rings. The van der Waals surface area contributed by atoms with Gasteiger partial charge in [0.05, 0.1) is 5.56 Å². The summed E-state index contributed by atoms with van der Waals surface area (Å²) < 4.78 is 45.4. The molecule has 0 unspecified atom stereocenters. The monoisotopic (exact) mass is 457 g/mol. The summed E-state index contributed by atoms with van der Waals surface area (Å²) in [5.41, 5.74) is -1.08. The molecule has 0 radical (unpaired) electrons. The van der Waals surface area contributed by atoms with Crippen LogP contribution in [0.5, 0.6) is 5.75 Å². The van der Waals surface area contributed by atoms with E-state index >= 15 is 0 Å². The van der Waals surface area contributed by atoms with Crippen LogP contribution >= 0.6 is 24.0 Å². The molecule has 136 valence electrons. The van der Waals surface area contributed by atoms with Crippen molar-refractivity contribution in [3.05, 3.63) is 29.3 Å². The quantitative estimate of drug-likeness (QED) is 0.677. The minimum Gasteiger partial charge on any atom is -0.488 e. The van der Waals surface area contributed by atoms with Crippen LogP contribution in [0, 0.1) is 0 Å². The number of nitrogens with zero attached hydrogens (tertiary/aromatic N) is 1. The standard InChI is InChI=1S/C16H22F3N3O.HI/c1-15(2,3)23-12-6-5-11(13(9-12)16(17,18)19)10-22-14-20-7-4-8-21-14;/h5-6,9H,4,7-8,10H2,1-3H3,(H2,20,21,22);1H. The molecule has 0 atom stereocenters. The third kappa shape index (κ3) is 6.37. The molecular weight excluding hydrogens is 434 g/mol. The van der Waals surface area contributed by atoms with Crippen LogP contribution < -0.4 is 15.4 Å². The topological polar surface area (TPSA) is 45.6 Å². The van der Waals surface area contributed by atoms with Crippen molar-refractivity contribution in [2.24, 2.45) is 4.99 Å². The Morgan fingerprint density at radius 1 is 1.25 bits per heavy atom. The highest BCUT2D eigenvalue weighted by Gasteiger charge is 2.34. The Morgan fingerprint density at radius 2 is 1.96 bits per heavy atom. The molecule has 1 aliphatic heterocycles. The lowest BCUT2D eigenvalue weighted by Crippen LogP contribution is -2.40. The van der Waals surface area contributed by atoms with Gasteiger partial charge in [0.15, 0.2) is 5.96 Å². The van der Waals surface area contributed by atoms with Gasteiger partial charge in [0.25, 0.3) is 0 Å². The molecule has 0 bridgehead atoms. The molecule has 8 heteroatoms.